The van der Waals surface area contributed by atoms with Gasteiger partial charge in [0.05, 0.1) is 6.10 Å². The fourth-order valence-corrected chi connectivity index (χ4v) is 4.19. The van der Waals surface area contributed by atoms with Crippen molar-refractivity contribution in [2.24, 2.45) is 16.7 Å². The Morgan fingerprint density at radius 3 is 2.73 bits per heavy atom. The summed E-state index contributed by atoms with van der Waals surface area (Å²) in [6.45, 7) is 6.99. The van der Waals surface area contributed by atoms with Crippen LogP contribution in [0.1, 0.15) is 46.5 Å². The lowest BCUT2D eigenvalue weighted by molar-refractivity contribution is -0.127. The van der Waals surface area contributed by atoms with Gasteiger partial charge in [-0.2, -0.15) is 0 Å². The molecule has 0 aromatic heterocycles. The molecular weight excluding hydrogens is 188 g/mol. The van der Waals surface area contributed by atoms with Gasteiger partial charge in [-0.05, 0) is 24.2 Å². The summed E-state index contributed by atoms with van der Waals surface area (Å²) in [5.74, 6) is 0.896. The Bertz CT molecular complexity index is 320. The highest BCUT2D eigenvalue weighted by atomic mass is 16.6. The van der Waals surface area contributed by atoms with Crippen LogP contribution in [0.15, 0.2) is 0 Å². The summed E-state index contributed by atoms with van der Waals surface area (Å²) in [4.78, 5) is 11.8. The van der Waals surface area contributed by atoms with Crippen molar-refractivity contribution in [2.45, 2.75) is 58.7 Å². The molecule has 3 aliphatic rings. The molecular formula is C13H20O2. The van der Waals surface area contributed by atoms with Gasteiger partial charge in [0.25, 0.3) is 0 Å². The molecule has 4 atom stereocenters. The molecule has 2 heteroatoms. The number of Topliss-reactive ketones (excluding diaryl/α,β-unsaturated/α-hetero) is 1. The highest BCUT2D eigenvalue weighted by Gasteiger charge is 2.65. The molecule has 0 bridgehead atoms. The van der Waals surface area contributed by atoms with E-state index in [1.807, 2.05) is 0 Å². The second-order valence-electron chi connectivity index (χ2n) is 6.55. The quantitative estimate of drug-likeness (QED) is 0.573. The topological polar surface area (TPSA) is 29.6 Å². The average Bonchev–Trinajstić information content (AvgIpc) is 2.89. The van der Waals surface area contributed by atoms with Gasteiger partial charge in [-0.1, -0.05) is 27.2 Å². The molecule has 0 aromatic rings. The van der Waals surface area contributed by atoms with E-state index >= 15 is 0 Å². The molecule has 0 spiro atoms. The van der Waals surface area contributed by atoms with E-state index in [-0.39, 0.29) is 17.6 Å². The maximum atomic E-state index is 11.8. The maximum Gasteiger partial charge on any atom is 0.164 e. The van der Waals surface area contributed by atoms with Crippen LogP contribution in [0.2, 0.25) is 0 Å². The number of carbonyl (C=O) groups excluding carboxylic acids is 1. The van der Waals surface area contributed by atoms with Crippen molar-refractivity contribution < 1.29 is 9.53 Å². The van der Waals surface area contributed by atoms with Gasteiger partial charge in [-0.3, -0.25) is 4.79 Å². The molecule has 0 N–H and O–H groups in total. The second kappa shape index (κ2) is 2.65. The molecule has 0 aromatic carbocycles. The summed E-state index contributed by atoms with van der Waals surface area (Å²) < 4.78 is 5.61. The zero-order valence-corrected chi connectivity index (χ0v) is 9.88. The Morgan fingerprint density at radius 2 is 2.00 bits per heavy atom. The number of epoxide rings is 1. The summed E-state index contributed by atoms with van der Waals surface area (Å²) in [7, 11) is 0. The average molecular weight is 208 g/mol. The van der Waals surface area contributed by atoms with E-state index in [1.54, 1.807) is 0 Å². The lowest BCUT2D eigenvalue weighted by atomic mass is 9.51. The summed E-state index contributed by atoms with van der Waals surface area (Å²) in [6.07, 6.45) is 4.78. The largest absolute Gasteiger partial charge is 0.361 e. The lowest BCUT2D eigenvalue weighted by Gasteiger charge is -2.51. The van der Waals surface area contributed by atoms with Gasteiger partial charge in [-0.25, -0.2) is 0 Å². The first-order chi connectivity index (χ1) is 6.95. The van der Waals surface area contributed by atoms with E-state index in [9.17, 15) is 4.79 Å². The van der Waals surface area contributed by atoms with Crippen molar-refractivity contribution in [3.8, 4) is 0 Å². The van der Waals surface area contributed by atoms with Crippen LogP contribution >= 0.6 is 0 Å². The Kier molecular flexibility index (Phi) is 1.74. The first-order valence-electron chi connectivity index (χ1n) is 6.13. The van der Waals surface area contributed by atoms with Crippen molar-refractivity contribution in [3.63, 3.8) is 0 Å². The van der Waals surface area contributed by atoms with Crippen molar-refractivity contribution >= 4 is 5.78 Å². The molecule has 0 radical (unpaired) electrons. The van der Waals surface area contributed by atoms with Crippen LogP contribution in [-0.4, -0.2) is 18.0 Å². The minimum absolute atomic E-state index is 0.0276. The van der Waals surface area contributed by atoms with Gasteiger partial charge < -0.3 is 4.74 Å². The van der Waals surface area contributed by atoms with Crippen LogP contribution in [-0.2, 0) is 9.53 Å². The highest BCUT2D eigenvalue weighted by molar-refractivity contribution is 5.87. The van der Waals surface area contributed by atoms with E-state index in [2.05, 4.69) is 20.8 Å². The molecule has 15 heavy (non-hydrogen) atoms. The van der Waals surface area contributed by atoms with Gasteiger partial charge in [0.2, 0.25) is 0 Å². The van der Waals surface area contributed by atoms with Gasteiger partial charge in [0.15, 0.2) is 5.78 Å². The van der Waals surface area contributed by atoms with E-state index in [1.165, 1.54) is 19.3 Å². The SMILES string of the molecule is CC1(C)CCC[C@]2(C)[C@@H]3O[C@@H]3C(=O)C[C@@H]12. The lowest BCUT2D eigenvalue weighted by Crippen LogP contribution is -2.50. The molecule has 84 valence electrons. The first-order valence-corrected chi connectivity index (χ1v) is 6.13. The van der Waals surface area contributed by atoms with Crippen molar-refractivity contribution in [1.82, 2.24) is 0 Å². The molecule has 1 heterocycles. The van der Waals surface area contributed by atoms with Crippen LogP contribution in [0.3, 0.4) is 0 Å². The zero-order chi connectivity index (χ0) is 10.8. The molecule has 3 rings (SSSR count). The number of hydrogen-bond donors (Lipinski definition) is 0. The predicted octanol–water partition coefficient (Wildman–Crippen LogP) is 2.56. The van der Waals surface area contributed by atoms with Gasteiger partial charge in [0.1, 0.15) is 6.10 Å². The van der Waals surface area contributed by atoms with Crippen LogP contribution in [0.4, 0.5) is 0 Å². The Balaban J connectivity index is 1.98. The van der Waals surface area contributed by atoms with Gasteiger partial charge in [0, 0.05) is 11.8 Å². The monoisotopic (exact) mass is 208 g/mol. The zero-order valence-electron chi connectivity index (χ0n) is 9.88. The number of fused-ring (bicyclic) bond motifs is 3. The third-order valence-corrected chi connectivity index (χ3v) is 5.14. The number of carbonyl (C=O) groups is 1. The van der Waals surface area contributed by atoms with Crippen LogP contribution in [0.25, 0.3) is 0 Å². The molecule has 0 unspecified atom stereocenters. The summed E-state index contributed by atoms with van der Waals surface area (Å²) >= 11 is 0. The fourth-order valence-electron chi connectivity index (χ4n) is 4.19. The van der Waals surface area contributed by atoms with Gasteiger partial charge in [-0.15, -0.1) is 0 Å². The minimum Gasteiger partial charge on any atom is -0.361 e. The molecule has 1 saturated heterocycles. The Morgan fingerprint density at radius 1 is 1.27 bits per heavy atom. The van der Waals surface area contributed by atoms with Crippen molar-refractivity contribution in [2.75, 3.05) is 0 Å². The van der Waals surface area contributed by atoms with Crippen molar-refractivity contribution in [3.05, 3.63) is 0 Å². The second-order valence-corrected chi connectivity index (χ2v) is 6.55. The van der Waals surface area contributed by atoms with Crippen LogP contribution in [0.5, 0.6) is 0 Å². The smallest absolute Gasteiger partial charge is 0.164 e. The highest BCUT2D eigenvalue weighted by Crippen LogP contribution is 2.61. The van der Waals surface area contributed by atoms with E-state index in [0.29, 0.717) is 17.1 Å². The molecule has 2 nitrogen and oxygen atoms in total. The standard InChI is InChI=1S/C13H20O2/c1-12(2)5-4-6-13(3)9(12)7-8(14)10-11(13)15-10/h9-11H,4-7H2,1-3H3/t9-,10+,11+,13-/m0/s1. The van der Waals surface area contributed by atoms with E-state index in [4.69, 9.17) is 4.74 Å². The maximum absolute atomic E-state index is 11.8. The fraction of sp³-hybridized carbons (Fsp3) is 0.923. The van der Waals surface area contributed by atoms with Gasteiger partial charge >= 0.3 is 0 Å². The number of ether oxygens (including phenoxy) is 1. The van der Waals surface area contributed by atoms with Crippen LogP contribution < -0.4 is 0 Å². The van der Waals surface area contributed by atoms with E-state index < -0.39 is 0 Å². The third kappa shape index (κ3) is 1.17. The normalized spacial score (nSPS) is 51.9. The number of rotatable bonds is 0. The third-order valence-electron chi connectivity index (χ3n) is 5.14. The number of ketones is 1. The minimum atomic E-state index is -0.0276. The molecule has 2 saturated carbocycles. The summed E-state index contributed by atoms with van der Waals surface area (Å²) in [5, 5.41) is 0. The Hall–Kier alpha value is -0.370. The van der Waals surface area contributed by atoms with Crippen molar-refractivity contribution in [1.29, 1.82) is 0 Å². The summed E-state index contributed by atoms with van der Waals surface area (Å²) in [5.41, 5.74) is 0.597. The molecule has 3 fully saturated rings. The molecule has 0 amide bonds. The first kappa shape index (κ1) is 9.83. The molecule has 1 aliphatic heterocycles. The predicted molar refractivity (Wildman–Crippen MR) is 57.5 cm³/mol. The Labute approximate surface area is 91.4 Å². The van der Waals surface area contributed by atoms with Crippen LogP contribution in [0, 0.1) is 16.7 Å². The number of hydrogen-bond acceptors (Lipinski definition) is 2. The summed E-state index contributed by atoms with van der Waals surface area (Å²) in [6, 6.07) is 0. The van der Waals surface area contributed by atoms with E-state index in [0.717, 1.165) is 6.42 Å². The molecule has 2 aliphatic carbocycles.